The van der Waals surface area contributed by atoms with Gasteiger partial charge in [-0.25, -0.2) is 9.18 Å². The van der Waals surface area contributed by atoms with E-state index in [4.69, 9.17) is 15.2 Å². The second-order valence-electron chi connectivity index (χ2n) is 8.33. The van der Waals surface area contributed by atoms with Crippen molar-refractivity contribution in [2.45, 2.75) is 24.9 Å². The highest BCUT2D eigenvalue weighted by atomic mass is 19.1. The number of nitrogens with zero attached hydrogens (tertiary/aromatic N) is 2. The highest BCUT2D eigenvalue weighted by Crippen LogP contribution is 2.44. The summed E-state index contributed by atoms with van der Waals surface area (Å²) in [7, 11) is 0. The fraction of sp³-hybridized carbons (Fsp3) is 0.500. The summed E-state index contributed by atoms with van der Waals surface area (Å²) in [4.78, 5) is 26.2. The van der Waals surface area contributed by atoms with Gasteiger partial charge in [-0.3, -0.25) is 9.36 Å². The molecule has 29 heavy (non-hydrogen) atoms. The Balaban J connectivity index is 1.67. The molecule has 0 spiro atoms. The number of aromatic carboxylic acids is 1. The first-order valence-corrected chi connectivity index (χ1v) is 9.69. The largest absolute Gasteiger partial charge is 0.487 e. The number of benzene rings is 1. The molecule has 1 aromatic carbocycles. The Bertz CT molecular complexity index is 1090. The van der Waals surface area contributed by atoms with Crippen molar-refractivity contribution in [3.8, 4) is 5.75 Å². The van der Waals surface area contributed by atoms with Crippen LogP contribution < -0.4 is 20.9 Å². The summed E-state index contributed by atoms with van der Waals surface area (Å²) in [5.74, 6) is -1.36. The number of hydrogen-bond donors (Lipinski definition) is 2. The molecule has 0 radical (unpaired) electrons. The smallest absolute Gasteiger partial charge is 0.341 e. The van der Waals surface area contributed by atoms with Crippen LogP contribution in [-0.4, -0.2) is 54.1 Å². The Kier molecular flexibility index (Phi) is 3.91. The Morgan fingerprint density at radius 2 is 2.14 bits per heavy atom. The minimum Gasteiger partial charge on any atom is -0.487 e. The van der Waals surface area contributed by atoms with Crippen molar-refractivity contribution in [1.29, 1.82) is 0 Å². The fourth-order valence-electron chi connectivity index (χ4n) is 4.72. The van der Waals surface area contributed by atoms with E-state index in [-0.39, 0.29) is 29.7 Å². The first-order chi connectivity index (χ1) is 13.8. The van der Waals surface area contributed by atoms with Crippen molar-refractivity contribution in [3.05, 3.63) is 33.9 Å². The molecule has 0 saturated carbocycles. The number of anilines is 1. The van der Waals surface area contributed by atoms with Crippen LogP contribution >= 0.6 is 0 Å². The second kappa shape index (κ2) is 6.17. The average Bonchev–Trinajstić information content (AvgIpc) is 3.13. The van der Waals surface area contributed by atoms with E-state index in [1.807, 2.05) is 4.90 Å². The number of rotatable bonds is 3. The van der Waals surface area contributed by atoms with Gasteiger partial charge in [-0.05, 0) is 25.5 Å². The molecule has 2 fully saturated rings. The van der Waals surface area contributed by atoms with Crippen LogP contribution in [0.2, 0.25) is 0 Å². The van der Waals surface area contributed by atoms with E-state index < -0.39 is 17.3 Å². The maximum atomic E-state index is 15.2. The molecule has 0 aliphatic carbocycles. The third-order valence-corrected chi connectivity index (χ3v) is 6.40. The lowest BCUT2D eigenvalue weighted by Crippen LogP contribution is -2.62. The summed E-state index contributed by atoms with van der Waals surface area (Å²) in [5, 5.41) is 9.72. The zero-order valence-corrected chi connectivity index (χ0v) is 16.0. The monoisotopic (exact) mass is 403 g/mol. The lowest BCUT2D eigenvalue weighted by atomic mass is 9.82. The van der Waals surface area contributed by atoms with E-state index in [2.05, 4.69) is 0 Å². The minimum absolute atomic E-state index is 0.160. The molecule has 1 unspecified atom stereocenters. The van der Waals surface area contributed by atoms with E-state index in [9.17, 15) is 14.7 Å². The van der Waals surface area contributed by atoms with E-state index in [1.54, 1.807) is 6.92 Å². The van der Waals surface area contributed by atoms with Crippen LogP contribution in [0.1, 0.15) is 29.7 Å². The standard InChI is InChI=1S/C20H22FN3O5/c1-10-7-29-17-15-11(4-13(19(26)27)18(25)24(10)15)5-14(21)16(17)23-3-2-12(6-23)20(22)8-28-9-20/h4-5,10,12H,2-3,6-9,22H2,1H3,(H,26,27)/t10-,12?/m0/s1. The van der Waals surface area contributed by atoms with Crippen LogP contribution in [0.15, 0.2) is 16.9 Å². The summed E-state index contributed by atoms with van der Waals surface area (Å²) >= 11 is 0. The Labute approximate surface area is 165 Å². The lowest BCUT2D eigenvalue weighted by molar-refractivity contribution is -0.0787. The van der Waals surface area contributed by atoms with Crippen LogP contribution in [0.5, 0.6) is 5.75 Å². The summed E-state index contributed by atoms with van der Waals surface area (Å²) < 4.78 is 27.8. The third kappa shape index (κ3) is 2.57. The molecule has 3 aliphatic rings. The topological polar surface area (TPSA) is 107 Å². The molecular formula is C20H22FN3O5. The van der Waals surface area contributed by atoms with Gasteiger partial charge in [0.25, 0.3) is 5.56 Å². The number of carbonyl (C=O) groups is 1. The average molecular weight is 403 g/mol. The molecule has 0 amide bonds. The molecule has 9 heteroatoms. The molecule has 2 aromatic rings. The van der Waals surface area contributed by atoms with Crippen molar-refractivity contribution in [2.24, 2.45) is 11.7 Å². The molecule has 8 nitrogen and oxygen atoms in total. The molecule has 2 saturated heterocycles. The van der Waals surface area contributed by atoms with E-state index in [0.29, 0.717) is 48.6 Å². The van der Waals surface area contributed by atoms with Gasteiger partial charge >= 0.3 is 5.97 Å². The zero-order valence-electron chi connectivity index (χ0n) is 16.0. The van der Waals surface area contributed by atoms with Crippen molar-refractivity contribution in [2.75, 3.05) is 37.8 Å². The van der Waals surface area contributed by atoms with Gasteiger partial charge in [-0.2, -0.15) is 0 Å². The maximum Gasteiger partial charge on any atom is 0.341 e. The highest BCUT2D eigenvalue weighted by molar-refractivity contribution is 5.97. The van der Waals surface area contributed by atoms with Crippen molar-refractivity contribution >= 4 is 22.6 Å². The van der Waals surface area contributed by atoms with Gasteiger partial charge < -0.3 is 25.2 Å². The lowest BCUT2D eigenvalue weighted by Gasteiger charge is -2.42. The normalized spacial score (nSPS) is 25.0. The number of pyridine rings is 1. The van der Waals surface area contributed by atoms with Crippen LogP contribution in [0.25, 0.3) is 10.9 Å². The highest BCUT2D eigenvalue weighted by Gasteiger charge is 2.46. The molecule has 3 N–H and O–H groups in total. The first-order valence-electron chi connectivity index (χ1n) is 9.69. The van der Waals surface area contributed by atoms with Gasteiger partial charge in [0.2, 0.25) is 0 Å². The molecule has 2 atom stereocenters. The molecular weight excluding hydrogens is 381 g/mol. The van der Waals surface area contributed by atoms with Gasteiger partial charge in [0.15, 0.2) is 11.6 Å². The second-order valence-corrected chi connectivity index (χ2v) is 8.33. The van der Waals surface area contributed by atoms with E-state index in [0.717, 1.165) is 6.42 Å². The molecule has 0 bridgehead atoms. The van der Waals surface area contributed by atoms with Gasteiger partial charge in [0.05, 0.1) is 30.3 Å². The number of hydrogen-bond acceptors (Lipinski definition) is 6. The Morgan fingerprint density at radius 3 is 2.79 bits per heavy atom. The van der Waals surface area contributed by atoms with E-state index in [1.165, 1.54) is 16.7 Å². The number of ether oxygens (including phenoxy) is 2. The maximum absolute atomic E-state index is 15.2. The van der Waals surface area contributed by atoms with Crippen molar-refractivity contribution in [3.63, 3.8) is 0 Å². The number of aromatic nitrogens is 1. The van der Waals surface area contributed by atoms with Crippen LogP contribution in [0.4, 0.5) is 10.1 Å². The Hall–Kier alpha value is -2.65. The van der Waals surface area contributed by atoms with Crippen molar-refractivity contribution < 1.29 is 23.8 Å². The predicted octanol–water partition coefficient (Wildman–Crippen LogP) is 1.35. The minimum atomic E-state index is -1.33. The SMILES string of the molecule is C[C@H]1COc2c(N3CCC(C4(N)COC4)C3)c(F)cc3cc(C(=O)O)c(=O)n1c23. The molecule has 5 rings (SSSR count). The van der Waals surface area contributed by atoms with Gasteiger partial charge in [-0.15, -0.1) is 0 Å². The quantitative estimate of drug-likeness (QED) is 0.797. The first kappa shape index (κ1) is 18.4. The fourth-order valence-corrected chi connectivity index (χ4v) is 4.72. The molecule has 3 aliphatic heterocycles. The van der Waals surface area contributed by atoms with E-state index >= 15 is 4.39 Å². The number of halogens is 1. The molecule has 4 heterocycles. The van der Waals surface area contributed by atoms with Gasteiger partial charge in [-0.1, -0.05) is 0 Å². The van der Waals surface area contributed by atoms with Crippen LogP contribution in [0, 0.1) is 11.7 Å². The molecule has 154 valence electrons. The van der Waals surface area contributed by atoms with Crippen LogP contribution in [0.3, 0.4) is 0 Å². The van der Waals surface area contributed by atoms with Gasteiger partial charge in [0.1, 0.15) is 17.9 Å². The van der Waals surface area contributed by atoms with Gasteiger partial charge in [0, 0.05) is 24.4 Å². The van der Waals surface area contributed by atoms with Crippen LogP contribution in [-0.2, 0) is 4.74 Å². The summed E-state index contributed by atoms with van der Waals surface area (Å²) in [6.45, 7) is 4.14. The Morgan fingerprint density at radius 1 is 1.38 bits per heavy atom. The number of carboxylic acids is 1. The third-order valence-electron chi connectivity index (χ3n) is 6.40. The van der Waals surface area contributed by atoms with Crippen molar-refractivity contribution in [1.82, 2.24) is 4.57 Å². The number of nitrogens with two attached hydrogens (primary N) is 1. The summed E-state index contributed by atoms with van der Waals surface area (Å²) in [6.07, 6.45) is 0.817. The zero-order chi connectivity index (χ0) is 20.5. The number of carboxylic acid groups (broad SMARTS) is 1. The summed E-state index contributed by atoms with van der Waals surface area (Å²) in [6, 6.07) is 2.15. The predicted molar refractivity (Wildman–Crippen MR) is 103 cm³/mol. The summed E-state index contributed by atoms with van der Waals surface area (Å²) in [5.41, 5.74) is 5.78. The molecule has 1 aromatic heterocycles.